The summed E-state index contributed by atoms with van der Waals surface area (Å²) in [7, 11) is 1.35. The Morgan fingerprint density at radius 1 is 0.931 bits per heavy atom. The first-order chi connectivity index (χ1) is 13.7. The molecular formula is C19H30O10. The van der Waals surface area contributed by atoms with E-state index in [4.69, 9.17) is 23.7 Å². The standard InChI is InChI=1S/C19H30O10/c1-12(20)26-11-16-19(28-14(3)22)15(27-13(2)21)10-18(29-16)25-9-7-5-6-8-17(23)24-4/h15-16,18-19H,5-11H2,1-4H3/t15-,16-,18+,19+/m1/s1. The molecule has 0 N–H and O–H groups in total. The summed E-state index contributed by atoms with van der Waals surface area (Å²) in [5.74, 6) is -1.89. The van der Waals surface area contributed by atoms with Crippen LogP contribution in [0.3, 0.4) is 0 Å². The molecule has 1 aliphatic rings. The maximum atomic E-state index is 11.5. The van der Waals surface area contributed by atoms with E-state index in [1.807, 2.05) is 0 Å². The van der Waals surface area contributed by atoms with Gasteiger partial charge in [-0.05, 0) is 12.8 Å². The number of hydrogen-bond acceptors (Lipinski definition) is 10. The van der Waals surface area contributed by atoms with E-state index in [-0.39, 0.29) is 19.0 Å². The number of methoxy groups -OCH3 is 1. The summed E-state index contributed by atoms with van der Waals surface area (Å²) in [5.41, 5.74) is 0. The van der Waals surface area contributed by atoms with E-state index >= 15 is 0 Å². The molecule has 0 unspecified atom stereocenters. The van der Waals surface area contributed by atoms with Crippen LogP contribution >= 0.6 is 0 Å². The second kappa shape index (κ2) is 13.1. The monoisotopic (exact) mass is 418 g/mol. The van der Waals surface area contributed by atoms with Gasteiger partial charge in [0, 0.05) is 40.2 Å². The molecule has 0 spiro atoms. The minimum atomic E-state index is -0.921. The van der Waals surface area contributed by atoms with Gasteiger partial charge in [-0.2, -0.15) is 0 Å². The van der Waals surface area contributed by atoms with Crippen LogP contribution in [0, 0.1) is 0 Å². The summed E-state index contributed by atoms with van der Waals surface area (Å²) in [5, 5.41) is 0. The maximum absolute atomic E-state index is 11.5. The normalized spacial score (nSPS) is 23.7. The first-order valence-corrected chi connectivity index (χ1v) is 9.54. The van der Waals surface area contributed by atoms with E-state index in [9.17, 15) is 19.2 Å². The number of hydrogen-bond donors (Lipinski definition) is 0. The Balaban J connectivity index is 2.64. The van der Waals surface area contributed by atoms with Crippen LogP contribution in [-0.4, -0.2) is 68.8 Å². The minimum Gasteiger partial charge on any atom is -0.469 e. The molecule has 10 nitrogen and oxygen atoms in total. The zero-order chi connectivity index (χ0) is 21.8. The van der Waals surface area contributed by atoms with Crippen molar-refractivity contribution in [1.29, 1.82) is 0 Å². The van der Waals surface area contributed by atoms with E-state index in [0.717, 1.165) is 6.42 Å². The van der Waals surface area contributed by atoms with E-state index < -0.39 is 42.5 Å². The molecule has 0 amide bonds. The maximum Gasteiger partial charge on any atom is 0.305 e. The largest absolute Gasteiger partial charge is 0.469 e. The molecule has 166 valence electrons. The minimum absolute atomic E-state index is 0.163. The number of esters is 4. The summed E-state index contributed by atoms with van der Waals surface area (Å²) in [6.07, 6.45) is -0.640. The van der Waals surface area contributed by atoms with Crippen LogP contribution < -0.4 is 0 Å². The average molecular weight is 418 g/mol. The van der Waals surface area contributed by atoms with Crippen LogP contribution in [0.15, 0.2) is 0 Å². The van der Waals surface area contributed by atoms with Gasteiger partial charge in [-0.25, -0.2) is 0 Å². The molecule has 1 rings (SSSR count). The Labute approximate surface area is 170 Å². The summed E-state index contributed by atoms with van der Waals surface area (Å²) in [6, 6.07) is 0. The first-order valence-electron chi connectivity index (χ1n) is 9.54. The van der Waals surface area contributed by atoms with Gasteiger partial charge in [0.15, 0.2) is 12.4 Å². The van der Waals surface area contributed by atoms with Gasteiger partial charge in [-0.3, -0.25) is 19.2 Å². The first kappa shape index (κ1) is 24.8. The zero-order valence-corrected chi connectivity index (χ0v) is 17.3. The van der Waals surface area contributed by atoms with Crippen LogP contribution in [-0.2, 0) is 47.6 Å². The fraction of sp³-hybridized carbons (Fsp3) is 0.789. The van der Waals surface area contributed by atoms with Gasteiger partial charge in [0.2, 0.25) is 0 Å². The van der Waals surface area contributed by atoms with Gasteiger partial charge in [-0.15, -0.1) is 0 Å². The van der Waals surface area contributed by atoms with E-state index in [0.29, 0.717) is 25.9 Å². The van der Waals surface area contributed by atoms with Gasteiger partial charge >= 0.3 is 23.9 Å². The lowest BCUT2D eigenvalue weighted by molar-refractivity contribution is -0.266. The molecule has 0 aromatic rings. The number of ether oxygens (including phenoxy) is 6. The molecule has 1 saturated heterocycles. The van der Waals surface area contributed by atoms with Crippen molar-refractivity contribution in [3.63, 3.8) is 0 Å². The highest BCUT2D eigenvalue weighted by Gasteiger charge is 2.44. The average Bonchev–Trinajstić information content (AvgIpc) is 2.63. The molecule has 0 aromatic heterocycles. The number of carbonyl (C=O) groups excluding carboxylic acids is 4. The molecule has 0 saturated carbocycles. The molecule has 0 radical (unpaired) electrons. The third-order valence-electron chi connectivity index (χ3n) is 4.11. The molecule has 1 heterocycles. The summed E-state index contributed by atoms with van der Waals surface area (Å²) in [6.45, 7) is 3.90. The third kappa shape index (κ3) is 10.2. The highest BCUT2D eigenvalue weighted by molar-refractivity contribution is 5.69. The molecule has 1 fully saturated rings. The molecule has 29 heavy (non-hydrogen) atoms. The fourth-order valence-electron chi connectivity index (χ4n) is 2.87. The lowest BCUT2D eigenvalue weighted by Gasteiger charge is -2.39. The fourth-order valence-corrected chi connectivity index (χ4v) is 2.87. The lowest BCUT2D eigenvalue weighted by atomic mass is 10.0. The summed E-state index contributed by atoms with van der Waals surface area (Å²) < 4.78 is 31.6. The van der Waals surface area contributed by atoms with Crippen LogP contribution in [0.1, 0.15) is 52.9 Å². The third-order valence-corrected chi connectivity index (χ3v) is 4.11. The molecule has 0 aliphatic carbocycles. The van der Waals surface area contributed by atoms with Crippen LogP contribution in [0.5, 0.6) is 0 Å². The second-order valence-corrected chi connectivity index (χ2v) is 6.62. The predicted molar refractivity (Wildman–Crippen MR) is 97.5 cm³/mol. The highest BCUT2D eigenvalue weighted by Crippen LogP contribution is 2.27. The van der Waals surface area contributed by atoms with Crippen molar-refractivity contribution in [2.45, 2.75) is 77.5 Å². The summed E-state index contributed by atoms with van der Waals surface area (Å²) >= 11 is 0. The van der Waals surface area contributed by atoms with Crippen molar-refractivity contribution in [2.75, 3.05) is 20.3 Å². The number of rotatable bonds is 11. The summed E-state index contributed by atoms with van der Waals surface area (Å²) in [4.78, 5) is 45.2. The van der Waals surface area contributed by atoms with Gasteiger partial charge < -0.3 is 28.4 Å². The van der Waals surface area contributed by atoms with Crippen LogP contribution in [0.2, 0.25) is 0 Å². The molecule has 10 heteroatoms. The Kier molecular flexibility index (Phi) is 11.2. The highest BCUT2D eigenvalue weighted by atomic mass is 16.7. The Morgan fingerprint density at radius 2 is 1.62 bits per heavy atom. The molecule has 0 aromatic carbocycles. The Bertz CT molecular complexity index is 561. The number of unbranched alkanes of at least 4 members (excludes halogenated alkanes) is 2. The molecular weight excluding hydrogens is 388 g/mol. The molecule has 1 aliphatic heterocycles. The van der Waals surface area contributed by atoms with E-state index in [1.54, 1.807) is 0 Å². The predicted octanol–water partition coefficient (Wildman–Crippen LogP) is 1.28. The van der Waals surface area contributed by atoms with Gasteiger partial charge in [0.05, 0.1) is 7.11 Å². The zero-order valence-electron chi connectivity index (χ0n) is 17.3. The molecule has 0 bridgehead atoms. The SMILES string of the molecule is COC(=O)CCCCCO[C@@H]1C[C@@H](OC(C)=O)[C@H](OC(C)=O)[C@@H](COC(C)=O)O1. The van der Waals surface area contributed by atoms with Crippen molar-refractivity contribution in [3.8, 4) is 0 Å². The van der Waals surface area contributed by atoms with E-state index in [2.05, 4.69) is 4.74 Å². The van der Waals surface area contributed by atoms with E-state index in [1.165, 1.54) is 27.9 Å². The quantitative estimate of drug-likeness (QED) is 0.275. The van der Waals surface area contributed by atoms with Crippen molar-refractivity contribution < 1.29 is 47.6 Å². The smallest absolute Gasteiger partial charge is 0.305 e. The lowest BCUT2D eigenvalue weighted by Crippen LogP contribution is -2.54. The Morgan fingerprint density at radius 3 is 2.21 bits per heavy atom. The van der Waals surface area contributed by atoms with Crippen molar-refractivity contribution in [3.05, 3.63) is 0 Å². The van der Waals surface area contributed by atoms with Crippen molar-refractivity contribution in [1.82, 2.24) is 0 Å². The topological polar surface area (TPSA) is 124 Å². The second-order valence-electron chi connectivity index (χ2n) is 6.62. The van der Waals surface area contributed by atoms with Gasteiger partial charge in [0.25, 0.3) is 0 Å². The molecule has 4 atom stereocenters. The van der Waals surface area contributed by atoms with Gasteiger partial charge in [-0.1, -0.05) is 6.42 Å². The van der Waals surface area contributed by atoms with Gasteiger partial charge in [0.1, 0.15) is 18.8 Å². The van der Waals surface area contributed by atoms with Crippen LogP contribution in [0.4, 0.5) is 0 Å². The number of carbonyl (C=O) groups is 4. The van der Waals surface area contributed by atoms with Crippen molar-refractivity contribution in [2.24, 2.45) is 0 Å². The van der Waals surface area contributed by atoms with Crippen molar-refractivity contribution >= 4 is 23.9 Å². The van der Waals surface area contributed by atoms with Crippen LogP contribution in [0.25, 0.3) is 0 Å². The Hall–Kier alpha value is -2.20.